The molecule has 0 atom stereocenters. The highest BCUT2D eigenvalue weighted by molar-refractivity contribution is 6.42. The van der Waals surface area contributed by atoms with Gasteiger partial charge in [0.15, 0.2) is 5.82 Å². The molecule has 1 aliphatic rings. The molecular weight excluding hydrogens is 409 g/mol. The number of carbonyl (C=O) groups is 2. The molecule has 2 heterocycles. The van der Waals surface area contributed by atoms with Gasteiger partial charge in [-0.2, -0.15) is 18.3 Å². The van der Waals surface area contributed by atoms with Gasteiger partial charge in [-0.3, -0.25) is 9.59 Å². The second-order valence-electron chi connectivity index (χ2n) is 6.49. The lowest BCUT2D eigenvalue weighted by atomic mass is 10.1. The van der Waals surface area contributed by atoms with Gasteiger partial charge < -0.3 is 0 Å². The molecule has 6 nitrogen and oxygen atoms in total. The van der Waals surface area contributed by atoms with Gasteiger partial charge in [0.05, 0.1) is 21.8 Å². The molecular formula is C19H12ClF3N4O2. The maximum atomic E-state index is 13.0. The molecule has 0 aliphatic carbocycles. The van der Waals surface area contributed by atoms with Crippen LogP contribution in [0.2, 0.25) is 5.02 Å². The zero-order valence-corrected chi connectivity index (χ0v) is 15.8. The van der Waals surface area contributed by atoms with Crippen molar-refractivity contribution >= 4 is 29.1 Å². The molecule has 1 aromatic heterocycles. The first-order chi connectivity index (χ1) is 13.6. The fourth-order valence-electron chi connectivity index (χ4n) is 3.26. The van der Waals surface area contributed by atoms with Crippen LogP contribution in [0.3, 0.4) is 0 Å². The molecule has 3 aromatic rings. The monoisotopic (exact) mass is 420 g/mol. The van der Waals surface area contributed by atoms with Crippen molar-refractivity contribution in [3.8, 4) is 11.4 Å². The van der Waals surface area contributed by atoms with Crippen LogP contribution >= 0.6 is 11.6 Å². The summed E-state index contributed by atoms with van der Waals surface area (Å²) in [6.45, 7) is 1.64. The summed E-state index contributed by atoms with van der Waals surface area (Å²) in [5, 5.41) is 3.99. The second kappa shape index (κ2) is 6.41. The standard InChI is InChI=1S/C19H12ClF3N4O2/c1-9-8-10(15-24-18(19(21,22)23)26(2)25-15)6-7-13(9)27-16(28)11-4-3-5-12(20)14(11)17(27)29/h3-8H,1-2H3. The van der Waals surface area contributed by atoms with Crippen LogP contribution in [-0.4, -0.2) is 26.6 Å². The average molecular weight is 421 g/mol. The summed E-state index contributed by atoms with van der Waals surface area (Å²) in [6, 6.07) is 9.08. The first kappa shape index (κ1) is 19.1. The molecule has 0 spiro atoms. The van der Waals surface area contributed by atoms with Crippen LogP contribution < -0.4 is 4.90 Å². The highest BCUT2D eigenvalue weighted by Gasteiger charge is 2.39. The molecule has 29 heavy (non-hydrogen) atoms. The van der Waals surface area contributed by atoms with E-state index in [1.807, 2.05) is 0 Å². The predicted molar refractivity (Wildman–Crippen MR) is 98.8 cm³/mol. The maximum absolute atomic E-state index is 13.0. The predicted octanol–water partition coefficient (Wildman–Crippen LogP) is 4.26. The van der Waals surface area contributed by atoms with Crippen molar-refractivity contribution in [2.24, 2.45) is 7.05 Å². The Balaban J connectivity index is 1.74. The number of carbonyl (C=O) groups excluding carboxylic acids is 2. The Kier molecular flexibility index (Phi) is 4.23. The molecule has 0 saturated heterocycles. The van der Waals surface area contributed by atoms with Crippen molar-refractivity contribution in [1.29, 1.82) is 0 Å². The normalized spacial score (nSPS) is 13.9. The molecule has 148 valence electrons. The quantitative estimate of drug-likeness (QED) is 0.581. The molecule has 0 saturated carbocycles. The fourth-order valence-corrected chi connectivity index (χ4v) is 3.52. The summed E-state index contributed by atoms with van der Waals surface area (Å²) in [4.78, 5) is 30.0. The van der Waals surface area contributed by atoms with Crippen molar-refractivity contribution in [2.45, 2.75) is 13.1 Å². The van der Waals surface area contributed by atoms with E-state index in [2.05, 4.69) is 10.1 Å². The number of hydrogen-bond acceptors (Lipinski definition) is 4. The van der Waals surface area contributed by atoms with E-state index in [-0.39, 0.29) is 22.0 Å². The van der Waals surface area contributed by atoms with E-state index >= 15 is 0 Å². The Hall–Kier alpha value is -3.20. The number of imide groups is 1. The summed E-state index contributed by atoms with van der Waals surface area (Å²) < 4.78 is 39.5. The van der Waals surface area contributed by atoms with Gasteiger partial charge in [0.2, 0.25) is 5.82 Å². The Morgan fingerprint density at radius 2 is 1.79 bits per heavy atom. The van der Waals surface area contributed by atoms with Gasteiger partial charge in [-0.05, 0) is 42.8 Å². The van der Waals surface area contributed by atoms with Crippen LogP contribution in [0.25, 0.3) is 11.4 Å². The molecule has 0 fully saturated rings. The molecule has 0 unspecified atom stereocenters. The molecule has 2 amide bonds. The summed E-state index contributed by atoms with van der Waals surface area (Å²) in [6.07, 6.45) is -4.63. The molecule has 1 aliphatic heterocycles. The Bertz CT molecular complexity index is 1190. The SMILES string of the molecule is Cc1cc(-c2nc(C(F)(F)F)n(C)n2)ccc1N1C(=O)c2cccc(Cl)c2C1=O. The van der Waals surface area contributed by atoms with Crippen LogP contribution in [0.4, 0.5) is 18.9 Å². The number of aromatic nitrogens is 3. The maximum Gasteiger partial charge on any atom is 0.451 e. The van der Waals surface area contributed by atoms with Crippen molar-refractivity contribution in [3.05, 3.63) is 63.9 Å². The van der Waals surface area contributed by atoms with Crippen molar-refractivity contribution in [2.75, 3.05) is 4.90 Å². The number of nitrogens with zero attached hydrogens (tertiary/aromatic N) is 4. The number of benzene rings is 2. The van der Waals surface area contributed by atoms with Gasteiger partial charge in [0.1, 0.15) is 0 Å². The van der Waals surface area contributed by atoms with Crippen LogP contribution in [0.5, 0.6) is 0 Å². The zero-order chi connectivity index (χ0) is 21.1. The van der Waals surface area contributed by atoms with Gasteiger partial charge >= 0.3 is 6.18 Å². The topological polar surface area (TPSA) is 68.1 Å². The lowest BCUT2D eigenvalue weighted by Crippen LogP contribution is -2.30. The average Bonchev–Trinajstić information content (AvgIpc) is 3.15. The lowest BCUT2D eigenvalue weighted by molar-refractivity contribution is -0.147. The number of alkyl halides is 3. The first-order valence-electron chi connectivity index (χ1n) is 8.36. The summed E-state index contributed by atoms with van der Waals surface area (Å²) in [5.41, 5.74) is 1.46. The minimum atomic E-state index is -4.63. The highest BCUT2D eigenvalue weighted by atomic mass is 35.5. The van der Waals surface area contributed by atoms with E-state index in [4.69, 9.17) is 11.6 Å². The summed E-state index contributed by atoms with van der Waals surface area (Å²) in [7, 11) is 1.16. The van der Waals surface area contributed by atoms with Crippen molar-refractivity contribution < 1.29 is 22.8 Å². The first-order valence-corrected chi connectivity index (χ1v) is 8.74. The minimum absolute atomic E-state index is 0.111. The third kappa shape index (κ3) is 2.98. The number of aryl methyl sites for hydroxylation is 2. The molecule has 10 heteroatoms. The van der Waals surface area contributed by atoms with Crippen LogP contribution in [0.15, 0.2) is 36.4 Å². The molecule has 0 N–H and O–H groups in total. The third-order valence-corrected chi connectivity index (χ3v) is 4.89. The van der Waals surface area contributed by atoms with Crippen molar-refractivity contribution in [3.63, 3.8) is 0 Å². The van der Waals surface area contributed by atoms with E-state index in [0.717, 1.165) is 11.9 Å². The van der Waals surface area contributed by atoms with E-state index in [1.54, 1.807) is 13.0 Å². The number of hydrogen-bond donors (Lipinski definition) is 0. The van der Waals surface area contributed by atoms with Crippen molar-refractivity contribution in [1.82, 2.24) is 14.8 Å². The highest BCUT2D eigenvalue weighted by Crippen LogP contribution is 2.35. The van der Waals surface area contributed by atoms with Gasteiger partial charge in [0.25, 0.3) is 11.8 Å². The van der Waals surface area contributed by atoms with Crippen LogP contribution in [0, 0.1) is 6.92 Å². The van der Waals surface area contributed by atoms with Crippen LogP contribution in [0.1, 0.15) is 32.1 Å². The largest absolute Gasteiger partial charge is 0.451 e. The number of anilines is 1. The smallest absolute Gasteiger partial charge is 0.268 e. The van der Waals surface area contributed by atoms with E-state index < -0.39 is 23.8 Å². The number of fused-ring (bicyclic) bond motifs is 1. The van der Waals surface area contributed by atoms with Crippen LogP contribution in [-0.2, 0) is 13.2 Å². The number of amides is 2. The van der Waals surface area contributed by atoms with E-state index in [9.17, 15) is 22.8 Å². The fraction of sp³-hybridized carbons (Fsp3) is 0.158. The second-order valence-corrected chi connectivity index (χ2v) is 6.90. The van der Waals surface area contributed by atoms with Gasteiger partial charge in [0, 0.05) is 12.6 Å². The Labute approximate surface area is 167 Å². The number of rotatable bonds is 2. The summed E-state index contributed by atoms with van der Waals surface area (Å²) in [5.74, 6) is -2.30. The molecule has 4 rings (SSSR count). The van der Waals surface area contributed by atoms with E-state index in [1.165, 1.54) is 30.3 Å². The lowest BCUT2D eigenvalue weighted by Gasteiger charge is -2.17. The van der Waals surface area contributed by atoms with E-state index in [0.29, 0.717) is 21.5 Å². The number of halogens is 4. The van der Waals surface area contributed by atoms with Gasteiger partial charge in [-0.25, -0.2) is 14.6 Å². The minimum Gasteiger partial charge on any atom is -0.268 e. The molecule has 0 radical (unpaired) electrons. The Morgan fingerprint density at radius 1 is 1.07 bits per heavy atom. The third-order valence-electron chi connectivity index (χ3n) is 4.58. The summed E-state index contributed by atoms with van der Waals surface area (Å²) >= 11 is 6.07. The Morgan fingerprint density at radius 3 is 2.38 bits per heavy atom. The molecule has 2 aromatic carbocycles. The van der Waals surface area contributed by atoms with Gasteiger partial charge in [-0.1, -0.05) is 17.7 Å². The molecule has 0 bridgehead atoms. The zero-order valence-electron chi connectivity index (χ0n) is 15.1. The van der Waals surface area contributed by atoms with Gasteiger partial charge in [-0.15, -0.1) is 0 Å².